The molecule has 6 nitrogen and oxygen atoms in total. The highest BCUT2D eigenvalue weighted by atomic mass is 32.1. The Morgan fingerprint density at radius 1 is 1.14 bits per heavy atom. The normalized spacial score (nSPS) is 9.59. The number of nitrogens with one attached hydrogen (secondary N) is 2. The molecule has 2 N–H and O–H groups in total. The van der Waals surface area contributed by atoms with Crippen LogP contribution in [0.4, 0.5) is 0 Å². The van der Waals surface area contributed by atoms with Gasteiger partial charge in [0.2, 0.25) is 5.91 Å². The number of rotatable bonds is 5. The van der Waals surface area contributed by atoms with E-state index in [0.29, 0.717) is 11.3 Å². The van der Waals surface area contributed by atoms with Gasteiger partial charge in [-0.05, 0) is 35.7 Å². The Balaban J connectivity index is 1.69. The van der Waals surface area contributed by atoms with Gasteiger partial charge in [-0.15, -0.1) is 11.3 Å². The number of hydrazine groups is 1. The van der Waals surface area contributed by atoms with E-state index in [0.717, 1.165) is 4.88 Å². The second-order valence-corrected chi connectivity index (χ2v) is 5.31. The van der Waals surface area contributed by atoms with Crippen molar-refractivity contribution in [2.45, 2.75) is 6.42 Å². The van der Waals surface area contributed by atoms with Crippen molar-refractivity contribution >= 4 is 23.2 Å². The molecular formula is C15H13N3O3S. The molecule has 0 aliphatic heterocycles. The van der Waals surface area contributed by atoms with Crippen LogP contribution in [0.1, 0.15) is 10.4 Å². The van der Waals surface area contributed by atoms with Gasteiger partial charge in [0, 0.05) is 4.88 Å². The molecule has 0 saturated heterocycles. The fraction of sp³-hybridized carbons (Fsp3) is 0.133. The fourth-order valence-corrected chi connectivity index (χ4v) is 2.27. The summed E-state index contributed by atoms with van der Waals surface area (Å²) in [6.07, 6.45) is 0.217. The lowest BCUT2D eigenvalue weighted by Crippen LogP contribution is -2.44. The van der Waals surface area contributed by atoms with E-state index >= 15 is 0 Å². The van der Waals surface area contributed by atoms with Gasteiger partial charge in [0.15, 0.2) is 6.61 Å². The van der Waals surface area contributed by atoms with E-state index in [1.807, 2.05) is 23.6 Å². The van der Waals surface area contributed by atoms with Crippen molar-refractivity contribution in [2.24, 2.45) is 0 Å². The van der Waals surface area contributed by atoms with Crippen molar-refractivity contribution in [3.8, 4) is 11.8 Å². The van der Waals surface area contributed by atoms with Gasteiger partial charge in [-0.25, -0.2) is 0 Å². The van der Waals surface area contributed by atoms with E-state index in [-0.39, 0.29) is 18.9 Å². The molecular weight excluding hydrogens is 302 g/mol. The number of nitrogens with zero attached hydrogens (tertiary/aromatic N) is 1. The van der Waals surface area contributed by atoms with Crippen LogP contribution in [0.2, 0.25) is 0 Å². The zero-order valence-electron chi connectivity index (χ0n) is 11.5. The van der Waals surface area contributed by atoms with Crippen LogP contribution < -0.4 is 15.6 Å². The Hall–Kier alpha value is -2.85. The van der Waals surface area contributed by atoms with E-state index in [9.17, 15) is 9.59 Å². The van der Waals surface area contributed by atoms with E-state index in [2.05, 4.69) is 10.9 Å². The lowest BCUT2D eigenvalue weighted by atomic mass is 10.2. The molecule has 0 unspecified atom stereocenters. The third-order valence-electron chi connectivity index (χ3n) is 2.61. The first-order valence-electron chi connectivity index (χ1n) is 6.40. The Kier molecular flexibility index (Phi) is 5.51. The molecule has 0 radical (unpaired) electrons. The molecule has 22 heavy (non-hydrogen) atoms. The van der Waals surface area contributed by atoms with E-state index in [1.54, 1.807) is 24.3 Å². The number of benzene rings is 1. The molecule has 2 rings (SSSR count). The lowest BCUT2D eigenvalue weighted by Gasteiger charge is -2.08. The highest BCUT2D eigenvalue weighted by Gasteiger charge is 2.07. The average molecular weight is 315 g/mol. The molecule has 0 spiro atoms. The topological polar surface area (TPSA) is 91.2 Å². The Labute approximate surface area is 131 Å². The Morgan fingerprint density at radius 3 is 2.50 bits per heavy atom. The zero-order valence-corrected chi connectivity index (χ0v) is 12.4. The molecule has 112 valence electrons. The minimum Gasteiger partial charge on any atom is -0.484 e. The van der Waals surface area contributed by atoms with Crippen LogP contribution in [0.5, 0.6) is 5.75 Å². The second kappa shape index (κ2) is 7.81. The van der Waals surface area contributed by atoms with Crippen molar-refractivity contribution in [3.05, 3.63) is 52.2 Å². The van der Waals surface area contributed by atoms with Crippen LogP contribution in [0.25, 0.3) is 0 Å². The second-order valence-electron chi connectivity index (χ2n) is 4.28. The third kappa shape index (κ3) is 4.92. The summed E-state index contributed by atoms with van der Waals surface area (Å²) in [6.45, 7) is -0.231. The standard InChI is InChI=1S/C15H13N3O3S/c16-9-11-3-5-12(6-4-11)21-10-15(20)18-17-14(19)8-13-2-1-7-22-13/h1-7H,8,10H2,(H,17,19)(H,18,20). The third-order valence-corrected chi connectivity index (χ3v) is 3.49. The maximum absolute atomic E-state index is 11.6. The minimum atomic E-state index is -0.469. The van der Waals surface area contributed by atoms with Gasteiger partial charge in [0.25, 0.3) is 5.91 Å². The molecule has 7 heteroatoms. The van der Waals surface area contributed by atoms with E-state index < -0.39 is 5.91 Å². The smallest absolute Gasteiger partial charge is 0.276 e. The molecule has 0 aliphatic carbocycles. The van der Waals surface area contributed by atoms with Crippen LogP contribution in [0.15, 0.2) is 41.8 Å². The number of ether oxygens (including phenoxy) is 1. The number of thiophene rings is 1. The van der Waals surface area contributed by atoms with Crippen molar-refractivity contribution in [2.75, 3.05) is 6.61 Å². The molecule has 2 aromatic rings. The summed E-state index contributed by atoms with van der Waals surface area (Å²) in [5.41, 5.74) is 5.11. The predicted octanol–water partition coefficient (Wildman–Crippen LogP) is 1.39. The molecule has 1 aromatic heterocycles. The first-order valence-corrected chi connectivity index (χ1v) is 7.28. The van der Waals surface area contributed by atoms with Crippen molar-refractivity contribution < 1.29 is 14.3 Å². The van der Waals surface area contributed by atoms with E-state index in [4.69, 9.17) is 10.00 Å². The maximum Gasteiger partial charge on any atom is 0.276 e. The molecule has 0 atom stereocenters. The van der Waals surface area contributed by atoms with E-state index in [1.165, 1.54) is 11.3 Å². The highest BCUT2D eigenvalue weighted by molar-refractivity contribution is 7.10. The molecule has 1 heterocycles. The minimum absolute atomic E-state index is 0.217. The first kappa shape index (κ1) is 15.5. The SMILES string of the molecule is N#Cc1ccc(OCC(=O)NNC(=O)Cc2cccs2)cc1. The number of nitriles is 1. The van der Waals surface area contributed by atoms with Crippen LogP contribution in [-0.4, -0.2) is 18.4 Å². The first-order chi connectivity index (χ1) is 10.7. The lowest BCUT2D eigenvalue weighted by molar-refractivity contribution is -0.129. The summed E-state index contributed by atoms with van der Waals surface area (Å²) < 4.78 is 5.23. The van der Waals surface area contributed by atoms with Gasteiger partial charge in [0.1, 0.15) is 5.75 Å². The molecule has 0 fully saturated rings. The number of amides is 2. The van der Waals surface area contributed by atoms with Gasteiger partial charge >= 0.3 is 0 Å². The predicted molar refractivity (Wildman–Crippen MR) is 81.0 cm³/mol. The van der Waals surface area contributed by atoms with Gasteiger partial charge in [-0.3, -0.25) is 20.4 Å². The van der Waals surface area contributed by atoms with Crippen molar-refractivity contribution in [1.82, 2.24) is 10.9 Å². The number of hydrogen-bond donors (Lipinski definition) is 2. The average Bonchev–Trinajstić information content (AvgIpc) is 3.04. The van der Waals surface area contributed by atoms with Crippen LogP contribution >= 0.6 is 11.3 Å². The van der Waals surface area contributed by atoms with Crippen molar-refractivity contribution in [1.29, 1.82) is 5.26 Å². The summed E-state index contributed by atoms with van der Waals surface area (Å²) in [5, 5.41) is 10.5. The summed E-state index contributed by atoms with van der Waals surface area (Å²) >= 11 is 1.47. The molecule has 1 aromatic carbocycles. The molecule has 0 saturated carbocycles. The zero-order chi connectivity index (χ0) is 15.8. The Bertz CT molecular complexity index is 675. The van der Waals surface area contributed by atoms with Crippen LogP contribution in [0, 0.1) is 11.3 Å². The van der Waals surface area contributed by atoms with Crippen LogP contribution in [-0.2, 0) is 16.0 Å². The summed E-state index contributed by atoms with van der Waals surface area (Å²) in [4.78, 5) is 24.0. The summed E-state index contributed by atoms with van der Waals surface area (Å²) in [5.74, 6) is -0.294. The van der Waals surface area contributed by atoms with Gasteiger partial charge in [-0.1, -0.05) is 6.07 Å². The van der Waals surface area contributed by atoms with Crippen LogP contribution in [0.3, 0.4) is 0 Å². The van der Waals surface area contributed by atoms with Crippen molar-refractivity contribution in [3.63, 3.8) is 0 Å². The summed E-state index contributed by atoms with van der Waals surface area (Å²) in [6, 6.07) is 12.1. The maximum atomic E-state index is 11.6. The molecule has 0 bridgehead atoms. The monoisotopic (exact) mass is 315 g/mol. The number of hydrogen-bond acceptors (Lipinski definition) is 5. The number of carbonyl (C=O) groups excluding carboxylic acids is 2. The Morgan fingerprint density at radius 2 is 1.86 bits per heavy atom. The fourth-order valence-electron chi connectivity index (χ4n) is 1.57. The van der Waals surface area contributed by atoms with Gasteiger partial charge < -0.3 is 4.74 Å². The largest absolute Gasteiger partial charge is 0.484 e. The quantitative estimate of drug-likeness (QED) is 0.816. The van der Waals surface area contributed by atoms with Gasteiger partial charge in [0.05, 0.1) is 18.1 Å². The molecule has 0 aliphatic rings. The van der Waals surface area contributed by atoms with Gasteiger partial charge in [-0.2, -0.15) is 5.26 Å². The highest BCUT2D eigenvalue weighted by Crippen LogP contribution is 2.11. The molecule has 2 amide bonds. The summed E-state index contributed by atoms with van der Waals surface area (Å²) in [7, 11) is 0. The number of carbonyl (C=O) groups is 2.